The molecule has 3 rings (SSSR count). The molecule has 5 nitrogen and oxygen atoms in total. The van der Waals surface area contributed by atoms with E-state index in [4.69, 9.17) is 11.6 Å². The summed E-state index contributed by atoms with van der Waals surface area (Å²) in [7, 11) is 0. The van der Waals surface area contributed by atoms with Crippen molar-refractivity contribution >= 4 is 29.1 Å². The molecular weight excluding hydrogens is 369 g/mol. The van der Waals surface area contributed by atoms with E-state index in [0.717, 1.165) is 0 Å². The van der Waals surface area contributed by atoms with Crippen LogP contribution in [0.3, 0.4) is 0 Å². The second kappa shape index (κ2) is 8.50. The molecule has 1 N–H and O–H groups in total. The average molecular weight is 390 g/mol. The first-order valence-corrected chi connectivity index (χ1v) is 9.14. The van der Waals surface area contributed by atoms with Gasteiger partial charge in [0, 0.05) is 31.9 Å². The van der Waals surface area contributed by atoms with Gasteiger partial charge < -0.3 is 10.2 Å². The first kappa shape index (κ1) is 19.3. The molecule has 2 aromatic carbocycles. The van der Waals surface area contributed by atoms with E-state index in [2.05, 4.69) is 5.32 Å². The monoisotopic (exact) mass is 389 g/mol. The maximum atomic E-state index is 13.6. The number of hydrogen-bond acceptors (Lipinski definition) is 3. The van der Waals surface area contributed by atoms with Crippen LogP contribution < -0.4 is 5.32 Å². The van der Waals surface area contributed by atoms with E-state index in [1.165, 1.54) is 6.07 Å². The van der Waals surface area contributed by atoms with E-state index >= 15 is 0 Å². The lowest BCUT2D eigenvalue weighted by molar-refractivity contribution is -0.117. The van der Waals surface area contributed by atoms with Gasteiger partial charge in [0.05, 0.1) is 17.1 Å². The van der Waals surface area contributed by atoms with E-state index in [1.54, 1.807) is 48.2 Å². The smallest absolute Gasteiger partial charge is 0.255 e. The van der Waals surface area contributed by atoms with Crippen LogP contribution >= 0.6 is 11.6 Å². The molecule has 1 heterocycles. The molecule has 142 valence electrons. The minimum absolute atomic E-state index is 0.0974. The molecule has 1 aliphatic rings. The zero-order valence-electron chi connectivity index (χ0n) is 15.0. The zero-order valence-corrected chi connectivity index (χ0v) is 15.8. The summed E-state index contributed by atoms with van der Waals surface area (Å²) < 4.78 is 13.6. The van der Waals surface area contributed by atoms with Gasteiger partial charge in [0.15, 0.2) is 0 Å². The van der Waals surface area contributed by atoms with Crippen molar-refractivity contribution in [3.05, 3.63) is 64.4 Å². The van der Waals surface area contributed by atoms with Crippen LogP contribution in [0.2, 0.25) is 5.02 Å². The quantitative estimate of drug-likeness (QED) is 0.873. The summed E-state index contributed by atoms with van der Waals surface area (Å²) in [6, 6.07) is 11.6. The van der Waals surface area contributed by atoms with E-state index in [9.17, 15) is 14.0 Å². The predicted octanol–water partition coefficient (Wildman–Crippen LogP) is 3.18. The summed E-state index contributed by atoms with van der Waals surface area (Å²) >= 11 is 6.10. The number of carbonyl (C=O) groups excluding carboxylic acids is 2. The largest absolute Gasteiger partial charge is 0.336 e. The van der Waals surface area contributed by atoms with E-state index < -0.39 is 0 Å². The highest BCUT2D eigenvalue weighted by molar-refractivity contribution is 6.33. The van der Waals surface area contributed by atoms with Crippen LogP contribution in [0.4, 0.5) is 10.1 Å². The fourth-order valence-corrected chi connectivity index (χ4v) is 3.20. The Bertz CT molecular complexity index is 851. The van der Waals surface area contributed by atoms with Crippen molar-refractivity contribution in [1.82, 2.24) is 9.80 Å². The molecule has 0 bridgehead atoms. The SMILES string of the molecule is Cc1ccc(NC(=O)CN2CCN(C(=O)c3ccccc3Cl)CC2)cc1F. The number of hydrogen-bond donors (Lipinski definition) is 1. The fourth-order valence-electron chi connectivity index (χ4n) is 2.99. The summed E-state index contributed by atoms with van der Waals surface area (Å²) in [5.41, 5.74) is 1.47. The molecule has 1 aliphatic heterocycles. The third-order valence-electron chi connectivity index (χ3n) is 4.59. The van der Waals surface area contributed by atoms with Gasteiger partial charge in [-0.3, -0.25) is 14.5 Å². The Balaban J connectivity index is 1.50. The van der Waals surface area contributed by atoms with Crippen LogP contribution in [0.1, 0.15) is 15.9 Å². The first-order valence-electron chi connectivity index (χ1n) is 8.76. The summed E-state index contributed by atoms with van der Waals surface area (Å²) in [6.07, 6.45) is 0. The topological polar surface area (TPSA) is 52.7 Å². The number of piperazine rings is 1. The van der Waals surface area contributed by atoms with Crippen LogP contribution in [0.15, 0.2) is 42.5 Å². The Hall–Kier alpha value is -2.44. The lowest BCUT2D eigenvalue weighted by atomic mass is 10.2. The van der Waals surface area contributed by atoms with Crippen molar-refractivity contribution in [3.8, 4) is 0 Å². The number of halogens is 2. The number of rotatable bonds is 4. The Morgan fingerprint density at radius 1 is 1.11 bits per heavy atom. The highest BCUT2D eigenvalue weighted by Crippen LogP contribution is 2.18. The maximum absolute atomic E-state index is 13.6. The van der Waals surface area contributed by atoms with Crippen LogP contribution in [-0.4, -0.2) is 54.3 Å². The molecule has 0 aromatic heterocycles. The van der Waals surface area contributed by atoms with E-state index in [0.29, 0.717) is 48.0 Å². The normalized spacial score (nSPS) is 14.9. The molecule has 0 atom stereocenters. The molecule has 2 amide bonds. The minimum Gasteiger partial charge on any atom is -0.336 e. The molecule has 0 unspecified atom stereocenters. The lowest BCUT2D eigenvalue weighted by Crippen LogP contribution is -2.50. The van der Waals surface area contributed by atoms with Crippen molar-refractivity contribution < 1.29 is 14.0 Å². The van der Waals surface area contributed by atoms with Gasteiger partial charge in [0.25, 0.3) is 5.91 Å². The van der Waals surface area contributed by atoms with Crippen molar-refractivity contribution in [2.45, 2.75) is 6.92 Å². The molecule has 1 fully saturated rings. The van der Waals surface area contributed by atoms with Gasteiger partial charge in [-0.15, -0.1) is 0 Å². The van der Waals surface area contributed by atoms with Crippen molar-refractivity contribution in [2.24, 2.45) is 0 Å². The van der Waals surface area contributed by atoms with Gasteiger partial charge in [-0.25, -0.2) is 4.39 Å². The third kappa shape index (κ3) is 4.84. The number of amides is 2. The van der Waals surface area contributed by atoms with Gasteiger partial charge in [0.2, 0.25) is 5.91 Å². The van der Waals surface area contributed by atoms with Crippen molar-refractivity contribution in [2.75, 3.05) is 38.0 Å². The highest BCUT2D eigenvalue weighted by atomic mass is 35.5. The van der Waals surface area contributed by atoms with Crippen LogP contribution in [0.25, 0.3) is 0 Å². The Labute approximate surface area is 162 Å². The van der Waals surface area contributed by atoms with Crippen molar-refractivity contribution in [3.63, 3.8) is 0 Å². The standard InChI is InChI=1S/C20H21ClFN3O2/c1-14-6-7-15(12-18(14)22)23-19(26)13-24-8-10-25(11-9-24)20(27)16-4-2-3-5-17(16)21/h2-7,12H,8-11,13H2,1H3,(H,23,26). The minimum atomic E-state index is -0.348. The molecule has 0 aliphatic carbocycles. The lowest BCUT2D eigenvalue weighted by Gasteiger charge is -2.34. The second-order valence-corrected chi connectivity index (χ2v) is 6.97. The number of carbonyl (C=O) groups is 2. The summed E-state index contributed by atoms with van der Waals surface area (Å²) in [5, 5.41) is 3.15. The number of benzene rings is 2. The van der Waals surface area contributed by atoms with Crippen LogP contribution in [0, 0.1) is 12.7 Å². The fraction of sp³-hybridized carbons (Fsp3) is 0.300. The average Bonchev–Trinajstić information content (AvgIpc) is 2.65. The van der Waals surface area contributed by atoms with E-state index in [-0.39, 0.29) is 24.2 Å². The number of nitrogens with one attached hydrogen (secondary N) is 1. The van der Waals surface area contributed by atoms with Gasteiger partial charge in [0.1, 0.15) is 5.82 Å². The van der Waals surface area contributed by atoms with Crippen molar-refractivity contribution in [1.29, 1.82) is 0 Å². The second-order valence-electron chi connectivity index (χ2n) is 6.56. The van der Waals surface area contributed by atoms with Crippen LogP contribution in [0.5, 0.6) is 0 Å². The van der Waals surface area contributed by atoms with Gasteiger partial charge in [-0.2, -0.15) is 0 Å². The maximum Gasteiger partial charge on any atom is 0.255 e. The summed E-state index contributed by atoms with van der Waals surface area (Å²) in [6.45, 7) is 4.10. The molecule has 0 radical (unpaired) electrons. The predicted molar refractivity (Wildman–Crippen MR) is 104 cm³/mol. The highest BCUT2D eigenvalue weighted by Gasteiger charge is 2.24. The molecule has 0 saturated carbocycles. The third-order valence-corrected chi connectivity index (χ3v) is 4.92. The Kier molecular flexibility index (Phi) is 6.08. The number of anilines is 1. The van der Waals surface area contributed by atoms with Gasteiger partial charge in [-0.1, -0.05) is 29.8 Å². The molecule has 27 heavy (non-hydrogen) atoms. The Morgan fingerprint density at radius 2 is 1.81 bits per heavy atom. The molecule has 1 saturated heterocycles. The number of aryl methyl sites for hydroxylation is 1. The summed E-state index contributed by atoms with van der Waals surface area (Å²) in [5.74, 6) is -0.650. The molecule has 0 spiro atoms. The first-order chi connectivity index (χ1) is 12.9. The van der Waals surface area contributed by atoms with Gasteiger partial charge in [-0.05, 0) is 36.8 Å². The number of nitrogens with zero attached hydrogens (tertiary/aromatic N) is 2. The summed E-state index contributed by atoms with van der Waals surface area (Å²) in [4.78, 5) is 28.5. The molecule has 7 heteroatoms. The Morgan fingerprint density at radius 3 is 2.48 bits per heavy atom. The van der Waals surface area contributed by atoms with Gasteiger partial charge >= 0.3 is 0 Å². The van der Waals surface area contributed by atoms with E-state index in [1.807, 2.05) is 4.90 Å². The van der Waals surface area contributed by atoms with Crippen LogP contribution in [-0.2, 0) is 4.79 Å². The molecular formula is C20H21ClFN3O2. The zero-order chi connectivity index (χ0) is 19.4. The molecule has 2 aromatic rings.